The number of hydrogen-bond donors (Lipinski definition) is 2. The van der Waals surface area contributed by atoms with Gasteiger partial charge in [-0.05, 0) is 49.9 Å². The maximum Gasteiger partial charge on any atom is 0.311 e. The van der Waals surface area contributed by atoms with Crippen LogP contribution >= 0.6 is 0 Å². The summed E-state index contributed by atoms with van der Waals surface area (Å²) in [6.07, 6.45) is 3.41. The number of amides is 1. The standard InChI is InChI=1S/C26H31N3O3/c1-18(24(26(31)32-3)17-20-13-15-29(16-14-20)19(2)27)28-25(30)23-11-9-22(10-12-23)21-7-5-4-6-8-21/h4-13,18,24,27H,14-17H2,1-3H3,(H,28,30)/t18-,24-/m1/s1. The van der Waals surface area contributed by atoms with Gasteiger partial charge in [0.15, 0.2) is 0 Å². The van der Waals surface area contributed by atoms with Crippen LogP contribution in [0.25, 0.3) is 11.1 Å². The first-order valence-corrected chi connectivity index (χ1v) is 10.9. The van der Waals surface area contributed by atoms with Crippen LogP contribution in [0.1, 0.15) is 37.0 Å². The van der Waals surface area contributed by atoms with E-state index in [9.17, 15) is 9.59 Å². The first kappa shape index (κ1) is 23.3. The Labute approximate surface area is 189 Å². The molecule has 6 nitrogen and oxygen atoms in total. The van der Waals surface area contributed by atoms with Gasteiger partial charge in [-0.25, -0.2) is 0 Å². The number of esters is 1. The first-order chi connectivity index (χ1) is 15.4. The molecule has 2 aromatic carbocycles. The average Bonchev–Trinajstić information content (AvgIpc) is 2.82. The summed E-state index contributed by atoms with van der Waals surface area (Å²) in [5, 5.41) is 10.7. The molecule has 0 saturated heterocycles. The van der Waals surface area contributed by atoms with E-state index in [1.54, 1.807) is 19.1 Å². The van der Waals surface area contributed by atoms with E-state index >= 15 is 0 Å². The van der Waals surface area contributed by atoms with Gasteiger partial charge in [-0.15, -0.1) is 0 Å². The van der Waals surface area contributed by atoms with Gasteiger partial charge >= 0.3 is 5.97 Å². The minimum absolute atomic E-state index is 0.214. The van der Waals surface area contributed by atoms with Gasteiger partial charge in [0.1, 0.15) is 0 Å². The van der Waals surface area contributed by atoms with E-state index in [-0.39, 0.29) is 17.9 Å². The molecule has 32 heavy (non-hydrogen) atoms. The van der Waals surface area contributed by atoms with Gasteiger partial charge < -0.3 is 15.0 Å². The summed E-state index contributed by atoms with van der Waals surface area (Å²) in [5.41, 5.74) is 3.84. The molecule has 0 aliphatic carbocycles. The molecule has 1 aliphatic rings. The molecule has 6 heteroatoms. The number of nitrogens with zero attached hydrogens (tertiary/aromatic N) is 1. The molecule has 0 spiro atoms. The second kappa shape index (κ2) is 10.8. The summed E-state index contributed by atoms with van der Waals surface area (Å²) in [6, 6.07) is 17.1. The average molecular weight is 434 g/mol. The van der Waals surface area contributed by atoms with Crippen molar-refractivity contribution in [2.24, 2.45) is 5.92 Å². The normalized spacial score (nSPS) is 15.3. The van der Waals surface area contributed by atoms with E-state index in [0.29, 0.717) is 24.4 Å². The summed E-state index contributed by atoms with van der Waals surface area (Å²) in [4.78, 5) is 27.3. The van der Waals surface area contributed by atoms with Crippen LogP contribution in [0.4, 0.5) is 0 Å². The van der Waals surface area contributed by atoms with Gasteiger partial charge in [0.2, 0.25) is 0 Å². The zero-order valence-electron chi connectivity index (χ0n) is 18.9. The van der Waals surface area contributed by atoms with Crippen molar-refractivity contribution in [3.63, 3.8) is 0 Å². The van der Waals surface area contributed by atoms with E-state index in [4.69, 9.17) is 10.1 Å². The molecule has 168 valence electrons. The Balaban J connectivity index is 1.65. The van der Waals surface area contributed by atoms with Crippen LogP contribution in [0.2, 0.25) is 0 Å². The van der Waals surface area contributed by atoms with Crippen molar-refractivity contribution in [1.29, 1.82) is 5.41 Å². The smallest absolute Gasteiger partial charge is 0.311 e. The van der Waals surface area contributed by atoms with Crippen molar-refractivity contribution >= 4 is 17.7 Å². The lowest BCUT2D eigenvalue weighted by Gasteiger charge is -2.29. The van der Waals surface area contributed by atoms with Gasteiger partial charge in [-0.2, -0.15) is 0 Å². The van der Waals surface area contributed by atoms with Crippen LogP contribution in [-0.4, -0.2) is 48.9 Å². The van der Waals surface area contributed by atoms with Gasteiger partial charge in [0, 0.05) is 24.7 Å². The maximum atomic E-state index is 12.8. The SMILES string of the molecule is COC(=O)[C@H](CC1=CCN(C(C)=N)CC1)[C@@H](C)NC(=O)c1ccc(-c2ccccc2)cc1. The summed E-state index contributed by atoms with van der Waals surface area (Å²) >= 11 is 0. The highest BCUT2D eigenvalue weighted by Crippen LogP contribution is 2.24. The molecule has 0 aromatic heterocycles. The Morgan fingerprint density at radius 1 is 1.09 bits per heavy atom. The molecule has 0 fully saturated rings. The lowest BCUT2D eigenvalue weighted by atomic mass is 9.90. The minimum atomic E-state index is -0.466. The monoisotopic (exact) mass is 433 g/mol. The Kier molecular flexibility index (Phi) is 7.82. The van der Waals surface area contributed by atoms with E-state index < -0.39 is 5.92 Å². The fraction of sp³-hybridized carbons (Fsp3) is 0.346. The van der Waals surface area contributed by atoms with E-state index in [0.717, 1.165) is 29.7 Å². The third-order valence-corrected chi connectivity index (χ3v) is 5.98. The molecule has 1 amide bonds. The highest BCUT2D eigenvalue weighted by Gasteiger charge is 2.29. The zero-order valence-corrected chi connectivity index (χ0v) is 18.9. The lowest BCUT2D eigenvalue weighted by Crippen LogP contribution is -2.42. The second-order valence-electron chi connectivity index (χ2n) is 8.18. The second-order valence-corrected chi connectivity index (χ2v) is 8.18. The van der Waals surface area contributed by atoms with Gasteiger partial charge in [-0.3, -0.25) is 15.0 Å². The molecule has 1 heterocycles. The molecule has 2 N–H and O–H groups in total. The Morgan fingerprint density at radius 3 is 2.31 bits per heavy atom. The lowest BCUT2D eigenvalue weighted by molar-refractivity contribution is -0.146. The highest BCUT2D eigenvalue weighted by molar-refractivity contribution is 5.95. The molecule has 0 unspecified atom stereocenters. The molecule has 0 bridgehead atoms. The molecular weight excluding hydrogens is 402 g/mol. The summed E-state index contributed by atoms with van der Waals surface area (Å²) in [5.74, 6) is -0.465. The van der Waals surface area contributed by atoms with E-state index in [2.05, 4.69) is 11.4 Å². The number of carbonyl (C=O) groups excluding carboxylic acids is 2. The van der Waals surface area contributed by atoms with Crippen LogP contribution in [0.3, 0.4) is 0 Å². The number of methoxy groups -OCH3 is 1. The number of benzene rings is 2. The van der Waals surface area contributed by atoms with Gasteiger partial charge in [-0.1, -0.05) is 54.1 Å². The number of carbonyl (C=O) groups is 2. The molecule has 2 aromatic rings. The van der Waals surface area contributed by atoms with E-state index in [1.165, 1.54) is 7.11 Å². The van der Waals surface area contributed by atoms with Crippen molar-refractivity contribution in [3.8, 4) is 11.1 Å². The largest absolute Gasteiger partial charge is 0.469 e. The molecule has 2 atom stereocenters. The van der Waals surface area contributed by atoms with E-state index in [1.807, 2.05) is 54.3 Å². The predicted octanol–water partition coefficient (Wildman–Crippen LogP) is 4.28. The zero-order chi connectivity index (χ0) is 23.1. The minimum Gasteiger partial charge on any atom is -0.469 e. The Morgan fingerprint density at radius 2 is 1.75 bits per heavy atom. The number of hydrogen-bond acceptors (Lipinski definition) is 4. The van der Waals surface area contributed by atoms with Gasteiger partial charge in [0.05, 0.1) is 18.9 Å². The van der Waals surface area contributed by atoms with Gasteiger partial charge in [0.25, 0.3) is 5.91 Å². The number of nitrogens with one attached hydrogen (secondary N) is 2. The molecule has 0 saturated carbocycles. The number of rotatable bonds is 7. The fourth-order valence-electron chi connectivity index (χ4n) is 3.93. The molecule has 1 aliphatic heterocycles. The van der Waals surface area contributed by atoms with Crippen LogP contribution in [0, 0.1) is 11.3 Å². The summed E-state index contributed by atoms with van der Waals surface area (Å²) < 4.78 is 5.02. The van der Waals surface area contributed by atoms with Crippen molar-refractivity contribution in [1.82, 2.24) is 10.2 Å². The van der Waals surface area contributed by atoms with Crippen molar-refractivity contribution < 1.29 is 14.3 Å². The topological polar surface area (TPSA) is 82.5 Å². The maximum absolute atomic E-state index is 12.8. The first-order valence-electron chi connectivity index (χ1n) is 10.9. The van der Waals surface area contributed by atoms with Crippen molar-refractivity contribution in [2.75, 3.05) is 20.2 Å². The summed E-state index contributed by atoms with van der Waals surface area (Å²) in [6.45, 7) is 5.06. The van der Waals surface area contributed by atoms with Crippen molar-refractivity contribution in [3.05, 3.63) is 71.8 Å². The number of amidine groups is 1. The van der Waals surface area contributed by atoms with Crippen LogP contribution in [0.5, 0.6) is 0 Å². The third kappa shape index (κ3) is 5.84. The Bertz CT molecular complexity index is 983. The quantitative estimate of drug-likeness (QED) is 0.296. The third-order valence-electron chi connectivity index (χ3n) is 5.98. The van der Waals surface area contributed by atoms with Crippen LogP contribution in [-0.2, 0) is 9.53 Å². The predicted molar refractivity (Wildman–Crippen MR) is 127 cm³/mol. The van der Waals surface area contributed by atoms with Crippen LogP contribution < -0.4 is 5.32 Å². The summed E-state index contributed by atoms with van der Waals surface area (Å²) in [7, 11) is 1.38. The molecule has 3 rings (SSSR count). The number of ether oxygens (including phenoxy) is 1. The van der Waals surface area contributed by atoms with Crippen molar-refractivity contribution in [2.45, 2.75) is 32.7 Å². The highest BCUT2D eigenvalue weighted by atomic mass is 16.5. The Hall–Kier alpha value is -3.41. The van der Waals surface area contributed by atoms with Crippen LogP contribution in [0.15, 0.2) is 66.2 Å². The molecular formula is C26H31N3O3. The fourth-order valence-corrected chi connectivity index (χ4v) is 3.93. The molecule has 0 radical (unpaired) electrons.